The summed E-state index contributed by atoms with van der Waals surface area (Å²) >= 11 is 7.21. The Bertz CT molecular complexity index is 269. The summed E-state index contributed by atoms with van der Waals surface area (Å²) in [6, 6.07) is 0. The first-order valence-corrected chi connectivity index (χ1v) is 9.45. The minimum absolute atomic E-state index is 0. The third-order valence-corrected chi connectivity index (χ3v) is 0.735. The van der Waals surface area contributed by atoms with E-state index in [0.717, 1.165) is 0 Å². The SMILES string of the molecule is C.C.CCC(=O)NCOC.OP(O)(O)=S.OP(O)(O)=S. The molecule has 0 heterocycles. The van der Waals surface area contributed by atoms with Gasteiger partial charge in [-0.2, -0.15) is 0 Å². The molecule has 0 aromatic heterocycles. The summed E-state index contributed by atoms with van der Waals surface area (Å²) in [6.07, 6.45) is 0.517. The van der Waals surface area contributed by atoms with E-state index in [2.05, 4.69) is 33.7 Å². The molecule has 20 heavy (non-hydrogen) atoms. The summed E-state index contributed by atoms with van der Waals surface area (Å²) < 4.78 is 4.58. The average Bonchev–Trinajstić information content (AvgIpc) is 2.08. The lowest BCUT2D eigenvalue weighted by atomic mass is 10.5. The predicted octanol–water partition coefficient (Wildman–Crippen LogP) is -0.236. The highest BCUT2D eigenvalue weighted by atomic mass is 32.5. The molecule has 0 rings (SSSR count). The van der Waals surface area contributed by atoms with E-state index in [1.54, 1.807) is 6.92 Å². The number of rotatable bonds is 3. The molecule has 13 heteroatoms. The summed E-state index contributed by atoms with van der Waals surface area (Å²) in [5.41, 5.74) is 0. The molecule has 0 aliphatic carbocycles. The Morgan fingerprint density at radius 3 is 1.45 bits per heavy atom. The molecule has 7 N–H and O–H groups in total. The van der Waals surface area contributed by atoms with Crippen LogP contribution in [0.15, 0.2) is 0 Å². The van der Waals surface area contributed by atoms with Crippen LogP contribution in [0.2, 0.25) is 0 Å². The van der Waals surface area contributed by atoms with Crippen molar-refractivity contribution in [2.24, 2.45) is 0 Å². The van der Waals surface area contributed by atoms with E-state index in [1.807, 2.05) is 0 Å². The van der Waals surface area contributed by atoms with E-state index in [1.165, 1.54) is 7.11 Å². The summed E-state index contributed by atoms with van der Waals surface area (Å²) in [5, 5.41) is 2.52. The van der Waals surface area contributed by atoms with Gasteiger partial charge in [-0.25, -0.2) is 0 Å². The molecular weight excluding hydrogens is 352 g/mol. The van der Waals surface area contributed by atoms with E-state index < -0.39 is 13.4 Å². The van der Waals surface area contributed by atoms with Crippen molar-refractivity contribution < 1.29 is 38.9 Å². The van der Waals surface area contributed by atoms with Gasteiger partial charge in [-0.05, 0) is 23.6 Å². The van der Waals surface area contributed by atoms with Gasteiger partial charge < -0.3 is 39.4 Å². The van der Waals surface area contributed by atoms with Crippen molar-refractivity contribution in [3.8, 4) is 0 Å². The molecule has 0 aromatic rings. The van der Waals surface area contributed by atoms with Gasteiger partial charge in [0.1, 0.15) is 6.73 Å². The van der Waals surface area contributed by atoms with Gasteiger partial charge in [0.2, 0.25) is 5.91 Å². The fourth-order valence-electron chi connectivity index (χ4n) is 0.278. The minimum Gasteiger partial charge on any atom is -0.364 e. The molecule has 0 fully saturated rings. The molecule has 0 atom stereocenters. The number of amides is 1. The maximum absolute atomic E-state index is 10.4. The number of hydrogen-bond donors (Lipinski definition) is 7. The van der Waals surface area contributed by atoms with Crippen LogP contribution < -0.4 is 5.32 Å². The van der Waals surface area contributed by atoms with Crippen LogP contribution in [-0.4, -0.2) is 49.1 Å². The first kappa shape index (κ1) is 32.4. The van der Waals surface area contributed by atoms with Crippen molar-refractivity contribution in [3.05, 3.63) is 0 Å². The molecule has 0 radical (unpaired) electrons. The first-order valence-electron chi connectivity index (χ1n) is 4.13. The number of ether oxygens (including phenoxy) is 1. The Hall–Kier alpha value is 0.490. The number of carbonyl (C=O) groups excluding carboxylic acids is 1. The Labute approximate surface area is 129 Å². The molecule has 0 saturated heterocycles. The monoisotopic (exact) mass is 377 g/mol. The molecule has 0 aliphatic rings. The average molecular weight is 377 g/mol. The van der Waals surface area contributed by atoms with Crippen LogP contribution >= 0.6 is 13.4 Å². The predicted molar refractivity (Wildman–Crippen MR) is 85.7 cm³/mol. The molecule has 0 bridgehead atoms. The largest absolute Gasteiger partial charge is 0.364 e. The van der Waals surface area contributed by atoms with Gasteiger partial charge >= 0.3 is 13.4 Å². The molecule has 128 valence electrons. The second kappa shape index (κ2) is 17.5. The number of hydrogen-bond acceptors (Lipinski definition) is 4. The van der Waals surface area contributed by atoms with Crippen LogP contribution in [0.3, 0.4) is 0 Å². The minimum atomic E-state index is -3.81. The maximum Gasteiger partial charge on any atom is 0.319 e. The smallest absolute Gasteiger partial charge is 0.319 e. The zero-order valence-electron chi connectivity index (χ0n) is 9.62. The van der Waals surface area contributed by atoms with Crippen molar-refractivity contribution in [1.29, 1.82) is 0 Å². The lowest BCUT2D eigenvalue weighted by molar-refractivity contribution is -0.122. The normalized spacial score (nSPS) is 9.40. The molecule has 0 aromatic carbocycles. The quantitative estimate of drug-likeness (QED) is 0.258. The van der Waals surface area contributed by atoms with E-state index >= 15 is 0 Å². The van der Waals surface area contributed by atoms with Gasteiger partial charge in [0.15, 0.2) is 0 Å². The van der Waals surface area contributed by atoms with E-state index in [4.69, 9.17) is 29.4 Å². The highest BCUT2D eigenvalue weighted by molar-refractivity contribution is 8.06. The van der Waals surface area contributed by atoms with Crippen molar-refractivity contribution in [3.63, 3.8) is 0 Å². The third-order valence-electron chi connectivity index (χ3n) is 0.735. The summed E-state index contributed by atoms with van der Waals surface area (Å²) in [4.78, 5) is 55.7. The molecular formula is C7H25NO8P2S2. The van der Waals surface area contributed by atoms with Gasteiger partial charge in [-0.15, -0.1) is 0 Å². The van der Waals surface area contributed by atoms with Crippen LogP contribution in [0.4, 0.5) is 0 Å². The Kier molecular flexibility index (Phi) is 28.5. The van der Waals surface area contributed by atoms with Crippen molar-refractivity contribution in [1.82, 2.24) is 5.32 Å². The third kappa shape index (κ3) is 134. The van der Waals surface area contributed by atoms with Crippen LogP contribution in [0, 0.1) is 0 Å². The topological polar surface area (TPSA) is 160 Å². The Morgan fingerprint density at radius 2 is 1.30 bits per heavy atom. The fourth-order valence-corrected chi connectivity index (χ4v) is 0.278. The van der Waals surface area contributed by atoms with Gasteiger partial charge in [0, 0.05) is 13.5 Å². The lowest BCUT2D eigenvalue weighted by Crippen LogP contribution is -2.23. The molecule has 9 nitrogen and oxygen atoms in total. The second-order valence-electron chi connectivity index (χ2n) is 2.41. The number of methoxy groups -OCH3 is 1. The van der Waals surface area contributed by atoms with Crippen molar-refractivity contribution in [2.75, 3.05) is 13.8 Å². The molecule has 1 amide bonds. The molecule has 0 aliphatic heterocycles. The highest BCUT2D eigenvalue weighted by Gasteiger charge is 1.92. The maximum atomic E-state index is 10.4. The van der Waals surface area contributed by atoms with E-state index in [-0.39, 0.29) is 20.8 Å². The standard InChI is InChI=1S/C5H11NO2.2CH4.2H3O3PS/c1-3-5(7)6-4-8-2;;;2*1-4(2,3)5/h3-4H2,1-2H3,(H,6,7);2*1H4;2*(H3,1,2,3,5). The van der Waals surface area contributed by atoms with Crippen LogP contribution in [0.25, 0.3) is 0 Å². The van der Waals surface area contributed by atoms with Gasteiger partial charge in [0.25, 0.3) is 0 Å². The Morgan fingerprint density at radius 1 is 1.05 bits per heavy atom. The fraction of sp³-hybridized carbons (Fsp3) is 0.857. The van der Waals surface area contributed by atoms with Crippen molar-refractivity contribution in [2.45, 2.75) is 28.2 Å². The summed E-state index contributed by atoms with van der Waals surface area (Å²) in [5.74, 6) is 0.0202. The lowest BCUT2D eigenvalue weighted by Gasteiger charge is -1.98. The van der Waals surface area contributed by atoms with Crippen molar-refractivity contribution >= 4 is 43.0 Å². The molecule has 0 unspecified atom stereocenters. The summed E-state index contributed by atoms with van der Waals surface area (Å²) in [7, 11) is 1.54. The van der Waals surface area contributed by atoms with Crippen LogP contribution in [-0.2, 0) is 33.1 Å². The van der Waals surface area contributed by atoms with Gasteiger partial charge in [-0.1, -0.05) is 21.8 Å². The molecule has 0 spiro atoms. The zero-order chi connectivity index (χ0) is 15.4. The van der Waals surface area contributed by atoms with Gasteiger partial charge in [0.05, 0.1) is 0 Å². The molecule has 0 saturated carbocycles. The van der Waals surface area contributed by atoms with Gasteiger partial charge in [-0.3, -0.25) is 4.79 Å². The first-order chi connectivity index (χ1) is 7.81. The highest BCUT2D eigenvalue weighted by Crippen LogP contribution is 2.26. The van der Waals surface area contributed by atoms with Crippen LogP contribution in [0.1, 0.15) is 28.2 Å². The second-order valence-corrected chi connectivity index (χ2v) is 7.41. The Balaban J connectivity index is -0.0000000558. The zero-order valence-corrected chi connectivity index (χ0v) is 13.0. The van der Waals surface area contributed by atoms with Crippen LogP contribution in [0.5, 0.6) is 0 Å². The number of carbonyl (C=O) groups is 1. The summed E-state index contributed by atoms with van der Waals surface area (Å²) in [6.45, 7) is -5.50. The van der Waals surface area contributed by atoms with E-state index in [9.17, 15) is 4.79 Å². The number of nitrogens with one attached hydrogen (secondary N) is 1. The van der Waals surface area contributed by atoms with E-state index in [0.29, 0.717) is 13.2 Å².